The van der Waals surface area contributed by atoms with Gasteiger partial charge in [-0.05, 0) is 30.0 Å². The van der Waals surface area contributed by atoms with E-state index >= 15 is 0 Å². The molecule has 0 aliphatic heterocycles. The smallest absolute Gasteiger partial charge is 0.161 e. The van der Waals surface area contributed by atoms with Gasteiger partial charge < -0.3 is 24.1 Å². The molecule has 0 aliphatic rings. The van der Waals surface area contributed by atoms with Gasteiger partial charge in [0.2, 0.25) is 0 Å². The second-order valence-electron chi connectivity index (χ2n) is 6.86. The number of hydrogen-bond acceptors (Lipinski definition) is 6. The summed E-state index contributed by atoms with van der Waals surface area (Å²) >= 11 is 0. The van der Waals surface area contributed by atoms with Crippen LogP contribution in [0.3, 0.4) is 0 Å². The molecule has 0 aliphatic carbocycles. The maximum absolute atomic E-state index is 10.3. The number of methoxy groups -OCH3 is 3. The first-order chi connectivity index (χ1) is 12.5. The Labute approximate surface area is 158 Å². The molecule has 6 nitrogen and oxygen atoms in total. The summed E-state index contributed by atoms with van der Waals surface area (Å²) in [5.41, 5.74) is 1.11. The fraction of sp³-hybridized carbons (Fsp3) is 0.700. The number of hydrogen-bond donors (Lipinski definition) is 1. The normalized spacial score (nSPS) is 12.6. The van der Waals surface area contributed by atoms with Gasteiger partial charge in [0.1, 0.15) is 0 Å². The van der Waals surface area contributed by atoms with Gasteiger partial charge >= 0.3 is 0 Å². The van der Waals surface area contributed by atoms with E-state index in [0.29, 0.717) is 50.3 Å². The minimum absolute atomic E-state index is 0.352. The second kappa shape index (κ2) is 12.9. The fourth-order valence-corrected chi connectivity index (χ4v) is 2.70. The van der Waals surface area contributed by atoms with Crippen LogP contribution in [0.15, 0.2) is 18.2 Å². The van der Waals surface area contributed by atoms with Crippen LogP contribution in [0.25, 0.3) is 0 Å². The second-order valence-corrected chi connectivity index (χ2v) is 6.86. The molecule has 0 spiro atoms. The van der Waals surface area contributed by atoms with Crippen molar-refractivity contribution in [2.75, 3.05) is 54.2 Å². The van der Waals surface area contributed by atoms with Crippen molar-refractivity contribution in [3.05, 3.63) is 23.8 Å². The number of nitrogens with zero attached hydrogens (tertiary/aromatic N) is 1. The minimum atomic E-state index is -0.517. The molecule has 0 saturated heterocycles. The van der Waals surface area contributed by atoms with Gasteiger partial charge in [0.15, 0.2) is 11.5 Å². The first-order valence-electron chi connectivity index (χ1n) is 9.18. The first kappa shape index (κ1) is 22.7. The van der Waals surface area contributed by atoms with Gasteiger partial charge in [0.25, 0.3) is 0 Å². The van der Waals surface area contributed by atoms with Gasteiger partial charge in [0, 0.05) is 40.0 Å². The summed E-state index contributed by atoms with van der Waals surface area (Å²) in [6.45, 7) is 8.01. The van der Waals surface area contributed by atoms with E-state index in [9.17, 15) is 5.11 Å². The Kier molecular flexibility index (Phi) is 11.3. The molecule has 0 fully saturated rings. The maximum atomic E-state index is 10.3. The molecule has 1 aromatic rings. The number of benzene rings is 1. The van der Waals surface area contributed by atoms with Crippen LogP contribution in [0.2, 0.25) is 0 Å². The molecule has 6 heteroatoms. The third-order valence-corrected chi connectivity index (χ3v) is 3.91. The van der Waals surface area contributed by atoms with E-state index in [1.54, 1.807) is 21.3 Å². The van der Waals surface area contributed by atoms with Crippen LogP contribution in [0, 0.1) is 5.92 Å². The lowest BCUT2D eigenvalue weighted by atomic mass is 10.1. The van der Waals surface area contributed by atoms with E-state index in [2.05, 4.69) is 18.7 Å². The number of rotatable bonds is 14. The molecule has 0 bridgehead atoms. The van der Waals surface area contributed by atoms with Gasteiger partial charge in [-0.25, -0.2) is 0 Å². The van der Waals surface area contributed by atoms with Crippen LogP contribution in [0.5, 0.6) is 11.5 Å². The van der Waals surface area contributed by atoms with Crippen molar-refractivity contribution >= 4 is 0 Å². The van der Waals surface area contributed by atoms with E-state index in [4.69, 9.17) is 18.9 Å². The highest BCUT2D eigenvalue weighted by Crippen LogP contribution is 2.28. The van der Waals surface area contributed by atoms with Crippen LogP contribution in [0.4, 0.5) is 0 Å². The number of aliphatic hydroxyl groups is 1. The molecular weight excluding hydrogens is 334 g/mol. The van der Waals surface area contributed by atoms with E-state index < -0.39 is 6.10 Å². The SMILES string of the molecule is COCCCN(Cc1ccc(OC)c(OC)c1)CC(O)COCC(C)C. The molecule has 0 saturated carbocycles. The van der Waals surface area contributed by atoms with Crippen molar-refractivity contribution in [2.24, 2.45) is 5.92 Å². The Morgan fingerprint density at radius 3 is 2.38 bits per heavy atom. The van der Waals surface area contributed by atoms with Crippen molar-refractivity contribution < 1.29 is 24.1 Å². The summed E-state index contributed by atoms with van der Waals surface area (Å²) in [6, 6.07) is 5.90. The summed E-state index contributed by atoms with van der Waals surface area (Å²) in [7, 11) is 4.96. The third kappa shape index (κ3) is 8.85. The minimum Gasteiger partial charge on any atom is -0.493 e. The molecule has 1 N–H and O–H groups in total. The molecule has 0 aromatic heterocycles. The monoisotopic (exact) mass is 369 g/mol. The van der Waals surface area contributed by atoms with Gasteiger partial charge in [-0.2, -0.15) is 0 Å². The molecule has 26 heavy (non-hydrogen) atoms. The zero-order chi connectivity index (χ0) is 19.4. The molecule has 0 radical (unpaired) electrons. The lowest BCUT2D eigenvalue weighted by molar-refractivity contribution is 0.00580. The van der Waals surface area contributed by atoms with Crippen molar-refractivity contribution in [1.82, 2.24) is 4.90 Å². The molecule has 1 unspecified atom stereocenters. The zero-order valence-electron chi connectivity index (χ0n) is 16.9. The van der Waals surface area contributed by atoms with Gasteiger partial charge in [-0.3, -0.25) is 4.90 Å². The zero-order valence-corrected chi connectivity index (χ0v) is 16.9. The predicted molar refractivity (Wildman–Crippen MR) is 103 cm³/mol. The van der Waals surface area contributed by atoms with Gasteiger partial charge in [-0.15, -0.1) is 0 Å². The average Bonchev–Trinajstić information content (AvgIpc) is 2.61. The maximum Gasteiger partial charge on any atom is 0.161 e. The molecule has 0 heterocycles. The largest absolute Gasteiger partial charge is 0.493 e. The Hall–Kier alpha value is -1.34. The predicted octanol–water partition coefficient (Wildman–Crippen LogP) is 2.58. The molecule has 1 rings (SSSR count). The molecule has 150 valence electrons. The van der Waals surface area contributed by atoms with Crippen molar-refractivity contribution in [1.29, 1.82) is 0 Å². The van der Waals surface area contributed by atoms with Gasteiger partial charge in [-0.1, -0.05) is 19.9 Å². The molecule has 0 amide bonds. The van der Waals surface area contributed by atoms with Crippen molar-refractivity contribution in [2.45, 2.75) is 32.9 Å². The number of aliphatic hydroxyl groups excluding tert-OH is 1. The van der Waals surface area contributed by atoms with Gasteiger partial charge in [0.05, 0.1) is 26.9 Å². The fourth-order valence-electron chi connectivity index (χ4n) is 2.70. The van der Waals surface area contributed by atoms with Crippen LogP contribution in [-0.4, -0.2) is 70.3 Å². The third-order valence-electron chi connectivity index (χ3n) is 3.91. The van der Waals surface area contributed by atoms with E-state index in [1.807, 2.05) is 18.2 Å². The highest BCUT2D eigenvalue weighted by atomic mass is 16.5. The van der Waals surface area contributed by atoms with Crippen LogP contribution in [0.1, 0.15) is 25.8 Å². The summed E-state index contributed by atoms with van der Waals surface area (Å²) in [5.74, 6) is 1.89. The van der Waals surface area contributed by atoms with Crippen LogP contribution < -0.4 is 9.47 Å². The summed E-state index contributed by atoms with van der Waals surface area (Å²) in [6.07, 6.45) is 0.389. The molecule has 1 aromatic carbocycles. The lowest BCUT2D eigenvalue weighted by Crippen LogP contribution is -2.35. The Morgan fingerprint density at radius 2 is 1.77 bits per heavy atom. The Morgan fingerprint density at radius 1 is 1.04 bits per heavy atom. The first-order valence-corrected chi connectivity index (χ1v) is 9.18. The van der Waals surface area contributed by atoms with E-state index in [1.165, 1.54) is 0 Å². The summed E-state index contributed by atoms with van der Waals surface area (Å²) in [5, 5.41) is 10.3. The quantitative estimate of drug-likeness (QED) is 0.509. The van der Waals surface area contributed by atoms with E-state index in [-0.39, 0.29) is 0 Å². The van der Waals surface area contributed by atoms with Crippen molar-refractivity contribution in [3.63, 3.8) is 0 Å². The topological polar surface area (TPSA) is 60.4 Å². The highest BCUT2D eigenvalue weighted by Gasteiger charge is 2.14. The number of ether oxygens (including phenoxy) is 4. The highest BCUT2D eigenvalue weighted by molar-refractivity contribution is 5.42. The lowest BCUT2D eigenvalue weighted by Gasteiger charge is -2.25. The standard InChI is InChI=1S/C20H35NO5/c1-16(2)14-26-15-18(22)13-21(9-6-10-23-3)12-17-7-8-19(24-4)20(11-17)25-5/h7-8,11,16,18,22H,6,9-10,12-15H2,1-5H3. The van der Waals surface area contributed by atoms with Crippen LogP contribution >= 0.6 is 0 Å². The molecular formula is C20H35NO5. The molecule has 1 atom stereocenters. The van der Waals surface area contributed by atoms with Crippen molar-refractivity contribution in [3.8, 4) is 11.5 Å². The summed E-state index contributed by atoms with van der Waals surface area (Å²) in [4.78, 5) is 2.21. The van der Waals surface area contributed by atoms with Crippen LogP contribution in [-0.2, 0) is 16.0 Å². The Balaban J connectivity index is 2.67. The Bertz CT molecular complexity index is 495. The van der Waals surface area contributed by atoms with E-state index in [0.717, 1.165) is 18.5 Å². The average molecular weight is 370 g/mol. The summed E-state index contributed by atoms with van der Waals surface area (Å²) < 4.78 is 21.4.